The number of pyridine rings is 1. The second-order valence-corrected chi connectivity index (χ2v) is 3.70. The molecule has 0 unspecified atom stereocenters. The van der Waals surface area contributed by atoms with Gasteiger partial charge in [-0.2, -0.15) is 0 Å². The predicted molar refractivity (Wildman–Crippen MR) is 62.0 cm³/mol. The van der Waals surface area contributed by atoms with Gasteiger partial charge < -0.3 is 4.98 Å². The van der Waals surface area contributed by atoms with E-state index in [0.717, 1.165) is 24.7 Å². The number of hydrogen-bond acceptors (Lipinski definition) is 3. The summed E-state index contributed by atoms with van der Waals surface area (Å²) in [5, 5.41) is 0. The topological polar surface area (TPSA) is 58.6 Å². The third kappa shape index (κ3) is 2.75. The van der Waals surface area contributed by atoms with E-state index in [2.05, 4.69) is 15.0 Å². The molecule has 0 atom stereocenters. The molecule has 17 heavy (non-hydrogen) atoms. The van der Waals surface area contributed by atoms with Gasteiger partial charge in [0.2, 0.25) is 0 Å². The standard InChI is InChI=1S/C12H12FN3O/c1-2-3-9-6-11(17)16-12(15-9)10-5-4-8(13)7-14-10/h4-7H,2-3H2,1H3,(H,15,16,17). The molecule has 0 aliphatic heterocycles. The van der Waals surface area contributed by atoms with Crippen LogP contribution in [-0.4, -0.2) is 15.0 Å². The smallest absolute Gasteiger partial charge is 0.251 e. The summed E-state index contributed by atoms with van der Waals surface area (Å²) in [6.45, 7) is 2.01. The van der Waals surface area contributed by atoms with Crippen molar-refractivity contribution in [2.45, 2.75) is 19.8 Å². The van der Waals surface area contributed by atoms with Gasteiger partial charge in [-0.1, -0.05) is 13.3 Å². The normalized spacial score (nSPS) is 10.5. The van der Waals surface area contributed by atoms with Crippen molar-refractivity contribution in [1.29, 1.82) is 0 Å². The van der Waals surface area contributed by atoms with Crippen LogP contribution >= 0.6 is 0 Å². The third-order valence-corrected chi connectivity index (χ3v) is 2.27. The summed E-state index contributed by atoms with van der Waals surface area (Å²) in [6.07, 6.45) is 2.74. The molecule has 1 N–H and O–H groups in total. The quantitative estimate of drug-likeness (QED) is 0.881. The first-order valence-electron chi connectivity index (χ1n) is 5.41. The van der Waals surface area contributed by atoms with Gasteiger partial charge in [-0.3, -0.25) is 4.79 Å². The van der Waals surface area contributed by atoms with Crippen molar-refractivity contribution in [3.63, 3.8) is 0 Å². The number of hydrogen-bond donors (Lipinski definition) is 1. The Morgan fingerprint density at radius 1 is 1.41 bits per heavy atom. The highest BCUT2D eigenvalue weighted by atomic mass is 19.1. The number of nitrogens with zero attached hydrogens (tertiary/aromatic N) is 2. The number of aryl methyl sites for hydroxylation is 1. The van der Waals surface area contributed by atoms with Crippen molar-refractivity contribution >= 4 is 0 Å². The number of halogens is 1. The zero-order valence-electron chi connectivity index (χ0n) is 9.40. The molecular weight excluding hydrogens is 221 g/mol. The van der Waals surface area contributed by atoms with Gasteiger partial charge in [0, 0.05) is 11.8 Å². The van der Waals surface area contributed by atoms with E-state index >= 15 is 0 Å². The molecule has 2 aromatic rings. The number of rotatable bonds is 3. The molecule has 0 bridgehead atoms. The molecule has 0 aliphatic carbocycles. The molecule has 0 radical (unpaired) electrons. The van der Waals surface area contributed by atoms with E-state index in [4.69, 9.17) is 0 Å². The van der Waals surface area contributed by atoms with Crippen LogP contribution in [0.4, 0.5) is 4.39 Å². The van der Waals surface area contributed by atoms with Gasteiger partial charge in [-0.15, -0.1) is 0 Å². The minimum atomic E-state index is -0.416. The SMILES string of the molecule is CCCc1cc(=O)[nH]c(-c2ccc(F)cn2)n1. The van der Waals surface area contributed by atoms with Gasteiger partial charge in [0.1, 0.15) is 11.5 Å². The molecular formula is C12H12FN3O. The van der Waals surface area contributed by atoms with E-state index in [1.54, 1.807) is 0 Å². The second-order valence-electron chi connectivity index (χ2n) is 3.70. The molecule has 2 heterocycles. The summed E-state index contributed by atoms with van der Waals surface area (Å²) >= 11 is 0. The van der Waals surface area contributed by atoms with Crippen molar-refractivity contribution in [3.05, 3.63) is 46.3 Å². The lowest BCUT2D eigenvalue weighted by Crippen LogP contribution is -2.10. The summed E-state index contributed by atoms with van der Waals surface area (Å²) in [7, 11) is 0. The molecule has 2 aromatic heterocycles. The van der Waals surface area contributed by atoms with E-state index in [0.29, 0.717) is 11.5 Å². The van der Waals surface area contributed by atoms with E-state index in [1.165, 1.54) is 18.2 Å². The summed E-state index contributed by atoms with van der Waals surface area (Å²) in [6, 6.07) is 4.24. The summed E-state index contributed by atoms with van der Waals surface area (Å²) in [4.78, 5) is 22.2. The average Bonchev–Trinajstić information content (AvgIpc) is 2.29. The number of H-pyrrole nitrogens is 1. The molecule has 2 rings (SSSR count). The fraction of sp³-hybridized carbons (Fsp3) is 0.250. The Hall–Kier alpha value is -2.04. The zero-order valence-corrected chi connectivity index (χ0v) is 9.40. The molecule has 0 spiro atoms. The summed E-state index contributed by atoms with van der Waals surface area (Å²) < 4.78 is 12.7. The lowest BCUT2D eigenvalue weighted by molar-refractivity contribution is 0.621. The van der Waals surface area contributed by atoms with Crippen molar-refractivity contribution in [2.24, 2.45) is 0 Å². The highest BCUT2D eigenvalue weighted by Gasteiger charge is 2.05. The van der Waals surface area contributed by atoms with Gasteiger partial charge in [0.15, 0.2) is 5.82 Å². The molecule has 0 aliphatic rings. The first kappa shape index (κ1) is 11.4. The number of aromatic nitrogens is 3. The van der Waals surface area contributed by atoms with Gasteiger partial charge >= 0.3 is 0 Å². The number of aromatic amines is 1. The molecule has 4 nitrogen and oxygen atoms in total. The Morgan fingerprint density at radius 2 is 2.24 bits per heavy atom. The Labute approximate surface area is 97.6 Å². The van der Waals surface area contributed by atoms with Gasteiger partial charge in [0.05, 0.1) is 6.20 Å². The average molecular weight is 233 g/mol. The maximum absolute atomic E-state index is 12.7. The van der Waals surface area contributed by atoms with Crippen LogP contribution in [0.15, 0.2) is 29.2 Å². The van der Waals surface area contributed by atoms with Crippen molar-refractivity contribution in [3.8, 4) is 11.5 Å². The van der Waals surface area contributed by atoms with Gasteiger partial charge in [0.25, 0.3) is 5.56 Å². The van der Waals surface area contributed by atoms with Crippen molar-refractivity contribution < 1.29 is 4.39 Å². The third-order valence-electron chi connectivity index (χ3n) is 2.27. The zero-order chi connectivity index (χ0) is 12.3. The molecule has 0 saturated carbocycles. The van der Waals surface area contributed by atoms with E-state index in [1.807, 2.05) is 6.92 Å². The monoisotopic (exact) mass is 233 g/mol. The fourth-order valence-electron chi connectivity index (χ4n) is 1.53. The molecule has 0 saturated heterocycles. The van der Waals surface area contributed by atoms with Crippen LogP contribution in [0, 0.1) is 5.82 Å². The lowest BCUT2D eigenvalue weighted by Gasteiger charge is -2.02. The Bertz CT molecular complexity index is 563. The van der Waals surface area contributed by atoms with Crippen LogP contribution in [0.5, 0.6) is 0 Å². The van der Waals surface area contributed by atoms with Crippen molar-refractivity contribution in [2.75, 3.05) is 0 Å². The Kier molecular flexibility index (Phi) is 3.27. The molecule has 88 valence electrons. The molecule has 0 fully saturated rings. The van der Waals surface area contributed by atoms with Gasteiger partial charge in [-0.25, -0.2) is 14.4 Å². The van der Waals surface area contributed by atoms with Gasteiger partial charge in [-0.05, 0) is 18.6 Å². The minimum absolute atomic E-state index is 0.218. The molecule has 5 heteroatoms. The van der Waals surface area contributed by atoms with Crippen molar-refractivity contribution in [1.82, 2.24) is 15.0 Å². The van der Waals surface area contributed by atoms with Crippen LogP contribution < -0.4 is 5.56 Å². The summed E-state index contributed by atoms with van der Waals surface area (Å²) in [5.41, 5.74) is 0.961. The van der Waals surface area contributed by atoms with Crippen LogP contribution in [0.2, 0.25) is 0 Å². The summed E-state index contributed by atoms with van der Waals surface area (Å²) in [5.74, 6) is -0.0400. The first-order chi connectivity index (χ1) is 8.19. The van der Waals surface area contributed by atoms with Crippen LogP contribution in [0.1, 0.15) is 19.0 Å². The fourth-order valence-corrected chi connectivity index (χ4v) is 1.53. The molecule has 0 amide bonds. The van der Waals surface area contributed by atoms with Crippen LogP contribution in [0.25, 0.3) is 11.5 Å². The first-order valence-corrected chi connectivity index (χ1v) is 5.41. The van der Waals surface area contributed by atoms with E-state index in [9.17, 15) is 9.18 Å². The maximum atomic E-state index is 12.7. The minimum Gasteiger partial charge on any atom is -0.305 e. The lowest BCUT2D eigenvalue weighted by atomic mass is 10.2. The van der Waals surface area contributed by atoms with E-state index < -0.39 is 5.82 Å². The maximum Gasteiger partial charge on any atom is 0.251 e. The second kappa shape index (κ2) is 4.86. The highest BCUT2D eigenvalue weighted by molar-refractivity contribution is 5.48. The highest BCUT2D eigenvalue weighted by Crippen LogP contribution is 2.11. The Morgan fingerprint density at radius 3 is 2.88 bits per heavy atom. The molecule has 0 aromatic carbocycles. The Balaban J connectivity index is 2.44. The van der Waals surface area contributed by atoms with Crippen LogP contribution in [-0.2, 0) is 6.42 Å². The van der Waals surface area contributed by atoms with E-state index in [-0.39, 0.29) is 5.56 Å². The van der Waals surface area contributed by atoms with Crippen LogP contribution in [0.3, 0.4) is 0 Å². The largest absolute Gasteiger partial charge is 0.305 e. The number of nitrogens with one attached hydrogen (secondary N) is 1. The predicted octanol–water partition coefficient (Wildman–Crippen LogP) is 1.92.